The van der Waals surface area contributed by atoms with Crippen molar-refractivity contribution in [2.75, 3.05) is 0 Å². The summed E-state index contributed by atoms with van der Waals surface area (Å²) >= 11 is 0. The highest BCUT2D eigenvalue weighted by atomic mass is 16.5. The van der Waals surface area contributed by atoms with Gasteiger partial charge >= 0.3 is 11.9 Å². The van der Waals surface area contributed by atoms with E-state index in [9.17, 15) is 14.7 Å². The molecule has 2 aliphatic carbocycles. The zero-order chi connectivity index (χ0) is 18.1. The zero-order valence-electron chi connectivity index (χ0n) is 15.3. The monoisotopic (exact) mass is 334 g/mol. The summed E-state index contributed by atoms with van der Waals surface area (Å²) in [5.74, 6) is -0.940. The van der Waals surface area contributed by atoms with Gasteiger partial charge in [-0.15, -0.1) is 0 Å². The lowest BCUT2D eigenvalue weighted by molar-refractivity contribution is -0.146. The van der Waals surface area contributed by atoms with E-state index in [1.165, 1.54) is 0 Å². The minimum atomic E-state index is -0.725. The van der Waals surface area contributed by atoms with Gasteiger partial charge in [-0.3, -0.25) is 4.79 Å². The summed E-state index contributed by atoms with van der Waals surface area (Å²) in [7, 11) is 0. The molecule has 0 aromatic carbocycles. The van der Waals surface area contributed by atoms with Crippen LogP contribution in [0.4, 0.5) is 0 Å². The third kappa shape index (κ3) is 3.57. The number of fused-ring (bicyclic) bond motifs is 1. The lowest BCUT2D eigenvalue weighted by Crippen LogP contribution is -2.45. The molecule has 2 fully saturated rings. The van der Waals surface area contributed by atoms with Gasteiger partial charge in [-0.2, -0.15) is 0 Å². The molecule has 2 saturated carbocycles. The normalized spacial score (nSPS) is 35.1. The first-order valence-electron chi connectivity index (χ1n) is 8.95. The molecule has 0 saturated heterocycles. The average Bonchev–Trinajstić information content (AvgIpc) is 2.55. The molecule has 24 heavy (non-hydrogen) atoms. The maximum absolute atomic E-state index is 12.1. The van der Waals surface area contributed by atoms with Gasteiger partial charge in [0.15, 0.2) is 0 Å². The number of hydrogen-bond acceptors (Lipinski definition) is 3. The minimum Gasteiger partial charge on any atom is -0.481 e. The number of rotatable bonds is 4. The minimum absolute atomic E-state index is 0.157. The van der Waals surface area contributed by atoms with Crippen molar-refractivity contribution < 1.29 is 19.4 Å². The molecule has 2 rings (SSSR count). The highest BCUT2D eigenvalue weighted by Gasteiger charge is 2.48. The Kier molecular flexibility index (Phi) is 5.56. The summed E-state index contributed by atoms with van der Waals surface area (Å²) < 4.78 is 5.67. The van der Waals surface area contributed by atoms with Crippen LogP contribution in [0.25, 0.3) is 0 Å². The highest BCUT2D eigenvalue weighted by molar-refractivity contribution is 5.87. The number of carbonyl (C=O) groups excluding carboxylic acids is 1. The second-order valence-corrected chi connectivity index (χ2v) is 7.85. The van der Waals surface area contributed by atoms with Crippen LogP contribution in [0.5, 0.6) is 0 Å². The first-order chi connectivity index (χ1) is 11.2. The van der Waals surface area contributed by atoms with Crippen LogP contribution in [0, 0.1) is 23.2 Å². The van der Waals surface area contributed by atoms with E-state index in [0.29, 0.717) is 5.57 Å². The number of carbonyl (C=O) groups is 2. The van der Waals surface area contributed by atoms with Crippen molar-refractivity contribution in [2.45, 2.75) is 65.9 Å². The molecule has 4 nitrogen and oxygen atoms in total. The van der Waals surface area contributed by atoms with Crippen molar-refractivity contribution in [3.8, 4) is 0 Å². The van der Waals surface area contributed by atoms with E-state index in [2.05, 4.69) is 13.5 Å². The van der Waals surface area contributed by atoms with Crippen molar-refractivity contribution in [1.29, 1.82) is 0 Å². The van der Waals surface area contributed by atoms with Crippen molar-refractivity contribution in [3.05, 3.63) is 23.8 Å². The lowest BCUT2D eigenvalue weighted by atomic mass is 9.55. The van der Waals surface area contributed by atoms with Gasteiger partial charge in [0, 0.05) is 5.57 Å². The molecule has 0 radical (unpaired) electrons. The van der Waals surface area contributed by atoms with Crippen LogP contribution in [0.3, 0.4) is 0 Å². The van der Waals surface area contributed by atoms with Crippen molar-refractivity contribution >= 4 is 11.9 Å². The van der Waals surface area contributed by atoms with Crippen LogP contribution in [0.15, 0.2) is 23.8 Å². The molecule has 5 atom stereocenters. The fourth-order valence-corrected chi connectivity index (χ4v) is 4.29. The molecule has 0 amide bonds. The fourth-order valence-electron chi connectivity index (χ4n) is 4.29. The average molecular weight is 334 g/mol. The van der Waals surface area contributed by atoms with Gasteiger partial charge in [-0.05, 0) is 68.8 Å². The number of ether oxygens (including phenoxy) is 1. The summed E-state index contributed by atoms with van der Waals surface area (Å²) in [6.45, 7) is 11.9. The Morgan fingerprint density at radius 1 is 1.38 bits per heavy atom. The maximum Gasteiger partial charge on any atom is 0.333 e. The SMILES string of the molecule is C=C1[C@@H](OC(=O)/C(C)=C\C)CC[C@]2(C)CC[C@@H]([C@@H](C)C(=O)O)C[C@@H]12. The van der Waals surface area contributed by atoms with E-state index in [1.54, 1.807) is 19.9 Å². The summed E-state index contributed by atoms with van der Waals surface area (Å²) in [5.41, 5.74) is 1.74. The molecular formula is C20H30O4. The van der Waals surface area contributed by atoms with Crippen LogP contribution >= 0.6 is 0 Å². The van der Waals surface area contributed by atoms with E-state index >= 15 is 0 Å². The Labute approximate surface area is 145 Å². The predicted octanol–water partition coefficient (Wildman–Crippen LogP) is 4.36. The van der Waals surface area contributed by atoms with Gasteiger partial charge in [0.05, 0.1) is 5.92 Å². The Morgan fingerprint density at radius 3 is 2.58 bits per heavy atom. The number of allylic oxidation sites excluding steroid dienone is 1. The lowest BCUT2D eigenvalue weighted by Gasteiger charge is -2.51. The largest absolute Gasteiger partial charge is 0.481 e. The van der Waals surface area contributed by atoms with Crippen LogP contribution in [-0.2, 0) is 14.3 Å². The van der Waals surface area contributed by atoms with Crippen LogP contribution in [0.2, 0.25) is 0 Å². The molecule has 4 heteroatoms. The van der Waals surface area contributed by atoms with E-state index < -0.39 is 5.97 Å². The molecule has 2 aliphatic rings. The molecule has 0 heterocycles. The van der Waals surface area contributed by atoms with Gasteiger partial charge in [-0.1, -0.05) is 26.5 Å². The first kappa shape index (κ1) is 18.8. The van der Waals surface area contributed by atoms with E-state index in [0.717, 1.165) is 37.7 Å². The van der Waals surface area contributed by atoms with Crippen molar-refractivity contribution in [2.24, 2.45) is 23.2 Å². The zero-order valence-corrected chi connectivity index (χ0v) is 15.3. The van der Waals surface area contributed by atoms with E-state index in [1.807, 2.05) is 6.92 Å². The summed E-state index contributed by atoms with van der Waals surface area (Å²) in [6.07, 6.45) is 6.13. The predicted molar refractivity (Wildman–Crippen MR) is 93.4 cm³/mol. The molecule has 0 bridgehead atoms. The molecule has 0 spiro atoms. The van der Waals surface area contributed by atoms with Gasteiger partial charge in [-0.25, -0.2) is 4.79 Å². The molecule has 0 aromatic rings. The second kappa shape index (κ2) is 7.12. The number of hydrogen-bond donors (Lipinski definition) is 1. The maximum atomic E-state index is 12.1. The van der Waals surface area contributed by atoms with E-state index in [4.69, 9.17) is 4.74 Å². The summed E-state index contributed by atoms with van der Waals surface area (Å²) in [6, 6.07) is 0. The topological polar surface area (TPSA) is 63.6 Å². The van der Waals surface area contributed by atoms with Crippen LogP contribution in [-0.4, -0.2) is 23.1 Å². The number of aliphatic carboxylic acids is 1. The highest BCUT2D eigenvalue weighted by Crippen LogP contribution is 2.55. The second-order valence-electron chi connectivity index (χ2n) is 7.85. The van der Waals surface area contributed by atoms with Crippen LogP contribution in [0.1, 0.15) is 59.8 Å². The first-order valence-corrected chi connectivity index (χ1v) is 8.95. The Hall–Kier alpha value is -1.58. The summed E-state index contributed by atoms with van der Waals surface area (Å²) in [4.78, 5) is 23.4. The number of carboxylic acids is 1. The molecule has 0 aromatic heterocycles. The molecule has 0 aliphatic heterocycles. The quantitative estimate of drug-likeness (QED) is 0.471. The standard InChI is InChI=1S/C20H30O4/c1-6-12(2)19(23)24-17-8-10-20(5)9-7-15(13(3)18(21)22)11-16(20)14(17)4/h6,13,15-17H,4,7-11H2,1-3,5H3,(H,21,22)/b12-6-/t13-,15-,16+,17+,20+/m1/s1. The Balaban J connectivity index is 2.12. The summed E-state index contributed by atoms with van der Waals surface area (Å²) in [5, 5.41) is 9.32. The van der Waals surface area contributed by atoms with Crippen LogP contribution < -0.4 is 0 Å². The van der Waals surface area contributed by atoms with Gasteiger partial charge < -0.3 is 9.84 Å². The molecular weight excluding hydrogens is 304 g/mol. The van der Waals surface area contributed by atoms with E-state index in [-0.39, 0.29) is 35.2 Å². The smallest absolute Gasteiger partial charge is 0.333 e. The van der Waals surface area contributed by atoms with Gasteiger partial charge in [0.25, 0.3) is 0 Å². The van der Waals surface area contributed by atoms with Gasteiger partial charge in [0.2, 0.25) is 0 Å². The van der Waals surface area contributed by atoms with Gasteiger partial charge in [0.1, 0.15) is 6.10 Å². The number of esters is 1. The van der Waals surface area contributed by atoms with Crippen molar-refractivity contribution in [3.63, 3.8) is 0 Å². The molecule has 0 unspecified atom stereocenters. The third-order valence-corrected chi connectivity index (χ3v) is 6.41. The fraction of sp³-hybridized carbons (Fsp3) is 0.700. The third-order valence-electron chi connectivity index (χ3n) is 6.41. The molecule has 1 N–H and O–H groups in total. The number of carboxylic acid groups (broad SMARTS) is 1. The van der Waals surface area contributed by atoms with Crippen molar-refractivity contribution in [1.82, 2.24) is 0 Å². The molecule has 134 valence electrons. The Morgan fingerprint density at radius 2 is 2.00 bits per heavy atom. The Bertz CT molecular complexity index is 562.